The highest BCUT2D eigenvalue weighted by Gasteiger charge is 2.20. The molecule has 0 aliphatic heterocycles. The smallest absolute Gasteiger partial charge is 0.311 e. The second kappa shape index (κ2) is 6.79. The van der Waals surface area contributed by atoms with E-state index < -0.39 is 11.9 Å². The van der Waals surface area contributed by atoms with Crippen molar-refractivity contribution in [3.63, 3.8) is 0 Å². The predicted octanol–water partition coefficient (Wildman–Crippen LogP) is 3.20. The van der Waals surface area contributed by atoms with Gasteiger partial charge in [-0.25, -0.2) is 0 Å². The van der Waals surface area contributed by atoms with Crippen LogP contribution in [-0.2, 0) is 11.2 Å². The third-order valence-corrected chi connectivity index (χ3v) is 3.22. The van der Waals surface area contributed by atoms with Gasteiger partial charge in [-0.1, -0.05) is 24.3 Å². The first-order chi connectivity index (χ1) is 10.1. The number of phenolic OH excluding ortho intramolecular Hbond substituents is 1. The molecule has 21 heavy (non-hydrogen) atoms. The van der Waals surface area contributed by atoms with Crippen molar-refractivity contribution < 1.29 is 19.7 Å². The molecular weight excluding hydrogens is 268 g/mol. The molecule has 2 rings (SSSR count). The Kier molecular flexibility index (Phi) is 4.82. The number of aromatic hydroxyl groups is 1. The Hall–Kier alpha value is -2.49. The van der Waals surface area contributed by atoms with Gasteiger partial charge in [0, 0.05) is 0 Å². The largest absolute Gasteiger partial charge is 0.508 e. The Morgan fingerprint density at radius 1 is 1.19 bits per heavy atom. The molecule has 0 aliphatic rings. The van der Waals surface area contributed by atoms with Gasteiger partial charge in [0.2, 0.25) is 0 Å². The van der Waals surface area contributed by atoms with E-state index in [1.165, 1.54) is 12.1 Å². The van der Waals surface area contributed by atoms with Gasteiger partial charge in [0.15, 0.2) is 0 Å². The number of hydrogen-bond donors (Lipinski definition) is 2. The van der Waals surface area contributed by atoms with Crippen LogP contribution in [0, 0.1) is 0 Å². The van der Waals surface area contributed by atoms with Crippen LogP contribution in [0.1, 0.15) is 24.0 Å². The zero-order valence-electron chi connectivity index (χ0n) is 11.8. The first-order valence-corrected chi connectivity index (χ1v) is 6.83. The zero-order valence-corrected chi connectivity index (χ0v) is 11.8. The summed E-state index contributed by atoms with van der Waals surface area (Å²) < 4.78 is 5.43. The average molecular weight is 286 g/mol. The van der Waals surface area contributed by atoms with Crippen molar-refractivity contribution in [3.8, 4) is 11.5 Å². The van der Waals surface area contributed by atoms with Crippen molar-refractivity contribution >= 4 is 5.97 Å². The highest BCUT2D eigenvalue weighted by atomic mass is 16.5. The lowest BCUT2D eigenvalue weighted by molar-refractivity contribution is -0.138. The maximum Gasteiger partial charge on any atom is 0.311 e. The van der Waals surface area contributed by atoms with Crippen molar-refractivity contribution in [2.24, 2.45) is 0 Å². The quantitative estimate of drug-likeness (QED) is 0.855. The molecule has 4 nitrogen and oxygen atoms in total. The van der Waals surface area contributed by atoms with E-state index in [1.807, 2.05) is 31.2 Å². The van der Waals surface area contributed by atoms with E-state index in [4.69, 9.17) is 4.74 Å². The van der Waals surface area contributed by atoms with Crippen LogP contribution in [-0.4, -0.2) is 22.8 Å². The summed E-state index contributed by atoms with van der Waals surface area (Å²) in [5, 5.41) is 18.9. The third-order valence-electron chi connectivity index (χ3n) is 3.22. The summed E-state index contributed by atoms with van der Waals surface area (Å²) in [6.45, 7) is 2.47. The molecule has 0 saturated carbocycles. The van der Waals surface area contributed by atoms with Gasteiger partial charge in [-0.3, -0.25) is 4.79 Å². The summed E-state index contributed by atoms with van der Waals surface area (Å²) >= 11 is 0. The van der Waals surface area contributed by atoms with Crippen LogP contribution in [0.15, 0.2) is 48.5 Å². The molecule has 1 atom stereocenters. The predicted molar refractivity (Wildman–Crippen MR) is 79.8 cm³/mol. The van der Waals surface area contributed by atoms with E-state index in [0.717, 1.165) is 11.3 Å². The molecule has 0 heterocycles. The molecule has 0 spiro atoms. The summed E-state index contributed by atoms with van der Waals surface area (Å²) in [5.74, 6) is -0.812. The number of hydrogen-bond acceptors (Lipinski definition) is 3. The number of phenols is 1. The summed E-state index contributed by atoms with van der Waals surface area (Å²) in [7, 11) is 0. The number of carboxylic acids is 1. The van der Waals surface area contributed by atoms with Gasteiger partial charge in [-0.05, 0) is 48.7 Å². The summed E-state index contributed by atoms with van der Waals surface area (Å²) in [6, 6.07) is 13.8. The highest BCUT2D eigenvalue weighted by Crippen LogP contribution is 2.25. The van der Waals surface area contributed by atoms with Crippen LogP contribution in [0.5, 0.6) is 11.5 Å². The fourth-order valence-corrected chi connectivity index (χ4v) is 2.25. The Labute approximate surface area is 123 Å². The number of carboxylic acid groups (broad SMARTS) is 1. The Balaban J connectivity index is 2.24. The number of ether oxygens (including phenoxy) is 1. The van der Waals surface area contributed by atoms with E-state index >= 15 is 0 Å². The highest BCUT2D eigenvalue weighted by molar-refractivity contribution is 5.76. The standard InChI is InChI=1S/C17H18O4/c1-2-21-15-8-3-5-12(9-15)10-16(17(19)20)13-6-4-7-14(18)11-13/h3-9,11,16,18H,2,10H2,1H3,(H,19,20). The Morgan fingerprint density at radius 3 is 2.62 bits per heavy atom. The van der Waals surface area contributed by atoms with Crippen LogP contribution in [0.2, 0.25) is 0 Å². The number of aliphatic carboxylic acids is 1. The van der Waals surface area contributed by atoms with Gasteiger partial charge in [0.1, 0.15) is 11.5 Å². The van der Waals surface area contributed by atoms with E-state index in [1.54, 1.807) is 12.1 Å². The van der Waals surface area contributed by atoms with Gasteiger partial charge in [-0.15, -0.1) is 0 Å². The minimum atomic E-state index is -0.914. The molecule has 4 heteroatoms. The second-order valence-electron chi connectivity index (χ2n) is 4.77. The van der Waals surface area contributed by atoms with Crippen molar-refractivity contribution in [1.29, 1.82) is 0 Å². The minimum absolute atomic E-state index is 0.0711. The molecule has 0 amide bonds. The van der Waals surface area contributed by atoms with Crippen LogP contribution >= 0.6 is 0 Å². The molecule has 0 aliphatic carbocycles. The van der Waals surface area contributed by atoms with Gasteiger partial charge in [0.05, 0.1) is 12.5 Å². The van der Waals surface area contributed by atoms with E-state index in [0.29, 0.717) is 18.6 Å². The van der Waals surface area contributed by atoms with Crippen molar-refractivity contribution in [2.45, 2.75) is 19.3 Å². The van der Waals surface area contributed by atoms with Crippen molar-refractivity contribution in [1.82, 2.24) is 0 Å². The third kappa shape index (κ3) is 3.99. The molecule has 0 bridgehead atoms. The SMILES string of the molecule is CCOc1cccc(CC(C(=O)O)c2cccc(O)c2)c1. The summed E-state index contributed by atoms with van der Waals surface area (Å²) in [6.07, 6.45) is 0.347. The molecule has 2 aromatic carbocycles. The monoisotopic (exact) mass is 286 g/mol. The molecule has 2 aromatic rings. The fourth-order valence-electron chi connectivity index (χ4n) is 2.25. The number of benzene rings is 2. The summed E-state index contributed by atoms with van der Waals surface area (Å²) in [4.78, 5) is 11.5. The summed E-state index contributed by atoms with van der Waals surface area (Å²) in [5.41, 5.74) is 1.47. The molecule has 0 radical (unpaired) electrons. The second-order valence-corrected chi connectivity index (χ2v) is 4.77. The fraction of sp³-hybridized carbons (Fsp3) is 0.235. The maximum atomic E-state index is 11.5. The molecule has 0 aromatic heterocycles. The molecular formula is C17H18O4. The van der Waals surface area contributed by atoms with Crippen molar-refractivity contribution in [3.05, 3.63) is 59.7 Å². The number of rotatable bonds is 6. The molecule has 1 unspecified atom stereocenters. The normalized spacial score (nSPS) is 11.9. The molecule has 0 saturated heterocycles. The van der Waals surface area contributed by atoms with Crippen LogP contribution in [0.25, 0.3) is 0 Å². The lowest BCUT2D eigenvalue weighted by atomic mass is 9.92. The van der Waals surface area contributed by atoms with Gasteiger partial charge < -0.3 is 14.9 Å². The Morgan fingerprint density at radius 2 is 1.95 bits per heavy atom. The first kappa shape index (κ1) is 14.9. The molecule has 0 fully saturated rings. The van der Waals surface area contributed by atoms with E-state index in [9.17, 15) is 15.0 Å². The van der Waals surface area contributed by atoms with Crippen LogP contribution in [0.4, 0.5) is 0 Å². The zero-order chi connectivity index (χ0) is 15.2. The lowest BCUT2D eigenvalue weighted by Gasteiger charge is -2.14. The lowest BCUT2D eigenvalue weighted by Crippen LogP contribution is -2.14. The minimum Gasteiger partial charge on any atom is -0.508 e. The van der Waals surface area contributed by atoms with Crippen molar-refractivity contribution in [2.75, 3.05) is 6.61 Å². The average Bonchev–Trinajstić information content (AvgIpc) is 2.45. The Bertz CT molecular complexity index is 622. The molecule has 110 valence electrons. The van der Waals surface area contributed by atoms with Gasteiger partial charge in [-0.2, -0.15) is 0 Å². The van der Waals surface area contributed by atoms with E-state index in [2.05, 4.69) is 0 Å². The van der Waals surface area contributed by atoms with E-state index in [-0.39, 0.29) is 5.75 Å². The van der Waals surface area contributed by atoms with Crippen LogP contribution in [0.3, 0.4) is 0 Å². The number of carbonyl (C=O) groups is 1. The topological polar surface area (TPSA) is 66.8 Å². The van der Waals surface area contributed by atoms with Gasteiger partial charge in [0.25, 0.3) is 0 Å². The van der Waals surface area contributed by atoms with Crippen LogP contribution < -0.4 is 4.74 Å². The molecule has 2 N–H and O–H groups in total. The maximum absolute atomic E-state index is 11.5. The van der Waals surface area contributed by atoms with Gasteiger partial charge >= 0.3 is 5.97 Å². The first-order valence-electron chi connectivity index (χ1n) is 6.83.